The summed E-state index contributed by atoms with van der Waals surface area (Å²) in [5.74, 6) is 0.407. The van der Waals surface area contributed by atoms with Gasteiger partial charge in [-0.15, -0.1) is 0 Å². The maximum Gasteiger partial charge on any atom is 0.272 e. The standard InChI is InChI=1S/C15H17N5O2/c1-3-20-10(2)11(9-17-20)8-16-15(21)13-7-12(18-19-13)14-5-4-6-22-14/h4-7,9H,3,8H2,1-2H3,(H,16,21)(H,18,19). The molecule has 1 amide bonds. The Labute approximate surface area is 127 Å². The molecule has 0 bridgehead atoms. The van der Waals surface area contributed by atoms with Crippen LogP contribution in [0.4, 0.5) is 0 Å². The Kier molecular flexibility index (Phi) is 3.78. The quantitative estimate of drug-likeness (QED) is 0.755. The molecule has 0 saturated carbocycles. The van der Waals surface area contributed by atoms with Crippen molar-refractivity contribution in [1.29, 1.82) is 0 Å². The van der Waals surface area contributed by atoms with Crippen LogP contribution in [0, 0.1) is 6.92 Å². The van der Waals surface area contributed by atoms with Crippen molar-refractivity contribution in [3.05, 3.63) is 47.6 Å². The maximum absolute atomic E-state index is 12.1. The molecule has 3 heterocycles. The van der Waals surface area contributed by atoms with Gasteiger partial charge in [0.05, 0.1) is 12.5 Å². The van der Waals surface area contributed by atoms with Crippen LogP contribution in [-0.2, 0) is 13.1 Å². The molecule has 2 N–H and O–H groups in total. The number of rotatable bonds is 5. The number of furan rings is 1. The van der Waals surface area contributed by atoms with Crippen LogP contribution in [0.15, 0.2) is 35.1 Å². The van der Waals surface area contributed by atoms with Gasteiger partial charge in [-0.25, -0.2) is 0 Å². The van der Waals surface area contributed by atoms with E-state index in [0.29, 0.717) is 23.7 Å². The molecule has 3 aromatic rings. The van der Waals surface area contributed by atoms with Crippen molar-refractivity contribution in [2.75, 3.05) is 0 Å². The first-order valence-corrected chi connectivity index (χ1v) is 7.07. The van der Waals surface area contributed by atoms with Gasteiger partial charge in [0.25, 0.3) is 5.91 Å². The highest BCUT2D eigenvalue weighted by Crippen LogP contribution is 2.17. The summed E-state index contributed by atoms with van der Waals surface area (Å²) in [5.41, 5.74) is 3.05. The molecule has 0 aliphatic carbocycles. The van der Waals surface area contributed by atoms with E-state index in [1.165, 1.54) is 0 Å². The first-order valence-electron chi connectivity index (χ1n) is 7.07. The molecule has 3 aromatic heterocycles. The normalized spacial score (nSPS) is 10.8. The molecule has 114 valence electrons. The zero-order chi connectivity index (χ0) is 15.5. The number of nitrogens with one attached hydrogen (secondary N) is 2. The van der Waals surface area contributed by atoms with Gasteiger partial charge in [0.15, 0.2) is 11.5 Å². The molecule has 0 radical (unpaired) electrons. The van der Waals surface area contributed by atoms with Crippen LogP contribution < -0.4 is 5.32 Å². The van der Waals surface area contributed by atoms with Crippen LogP contribution in [0.25, 0.3) is 11.5 Å². The van der Waals surface area contributed by atoms with Crippen molar-refractivity contribution in [1.82, 2.24) is 25.3 Å². The van der Waals surface area contributed by atoms with Gasteiger partial charge in [-0.2, -0.15) is 10.2 Å². The fourth-order valence-electron chi connectivity index (χ4n) is 2.24. The minimum atomic E-state index is -0.238. The van der Waals surface area contributed by atoms with Crippen molar-refractivity contribution in [2.45, 2.75) is 26.9 Å². The Hall–Kier alpha value is -2.83. The number of hydrogen-bond acceptors (Lipinski definition) is 4. The molecular weight excluding hydrogens is 282 g/mol. The Bertz CT molecular complexity index is 770. The van der Waals surface area contributed by atoms with Gasteiger partial charge < -0.3 is 9.73 Å². The van der Waals surface area contributed by atoms with E-state index in [9.17, 15) is 4.79 Å². The molecular formula is C15H17N5O2. The van der Waals surface area contributed by atoms with Crippen LogP contribution in [0.3, 0.4) is 0 Å². The average molecular weight is 299 g/mol. The summed E-state index contributed by atoms with van der Waals surface area (Å²) in [4.78, 5) is 12.1. The Morgan fingerprint density at radius 1 is 1.50 bits per heavy atom. The van der Waals surface area contributed by atoms with Gasteiger partial charge in [-0.05, 0) is 26.0 Å². The number of nitrogens with zero attached hydrogens (tertiary/aromatic N) is 3. The summed E-state index contributed by atoms with van der Waals surface area (Å²) in [7, 11) is 0. The molecule has 0 atom stereocenters. The van der Waals surface area contributed by atoms with Crippen molar-refractivity contribution in [2.24, 2.45) is 0 Å². The van der Waals surface area contributed by atoms with E-state index < -0.39 is 0 Å². The number of aromatic amines is 1. The van der Waals surface area contributed by atoms with E-state index in [4.69, 9.17) is 4.42 Å². The zero-order valence-corrected chi connectivity index (χ0v) is 12.5. The highest BCUT2D eigenvalue weighted by Gasteiger charge is 2.13. The van der Waals surface area contributed by atoms with Crippen molar-refractivity contribution in [3.8, 4) is 11.5 Å². The number of aromatic nitrogens is 4. The highest BCUT2D eigenvalue weighted by atomic mass is 16.3. The van der Waals surface area contributed by atoms with Crippen molar-refractivity contribution in [3.63, 3.8) is 0 Å². The third-order valence-corrected chi connectivity index (χ3v) is 3.54. The molecule has 0 aliphatic rings. The average Bonchev–Trinajstić information content (AvgIpc) is 3.25. The number of H-pyrrole nitrogens is 1. The smallest absolute Gasteiger partial charge is 0.272 e. The second-order valence-corrected chi connectivity index (χ2v) is 4.90. The fraction of sp³-hybridized carbons (Fsp3) is 0.267. The third-order valence-electron chi connectivity index (χ3n) is 3.54. The minimum absolute atomic E-state index is 0.238. The van der Waals surface area contributed by atoms with Crippen molar-refractivity contribution < 1.29 is 9.21 Å². The largest absolute Gasteiger partial charge is 0.463 e. The van der Waals surface area contributed by atoms with Gasteiger partial charge >= 0.3 is 0 Å². The molecule has 0 saturated heterocycles. The van der Waals surface area contributed by atoms with Crippen LogP contribution in [0.5, 0.6) is 0 Å². The molecule has 0 fully saturated rings. The molecule has 22 heavy (non-hydrogen) atoms. The first kappa shape index (κ1) is 14.1. The van der Waals surface area contributed by atoms with E-state index in [2.05, 4.69) is 20.6 Å². The first-order chi connectivity index (χ1) is 10.7. The number of aryl methyl sites for hydroxylation is 1. The third kappa shape index (κ3) is 2.65. The predicted molar refractivity (Wildman–Crippen MR) is 80.1 cm³/mol. The lowest BCUT2D eigenvalue weighted by Gasteiger charge is -2.03. The van der Waals surface area contributed by atoms with Crippen LogP contribution in [-0.4, -0.2) is 25.9 Å². The summed E-state index contributed by atoms with van der Waals surface area (Å²) in [6, 6.07) is 5.25. The van der Waals surface area contributed by atoms with E-state index in [1.807, 2.05) is 18.5 Å². The van der Waals surface area contributed by atoms with E-state index in [1.54, 1.807) is 30.7 Å². The number of carbonyl (C=O) groups excluding carboxylic acids is 1. The second kappa shape index (κ2) is 5.88. The van der Waals surface area contributed by atoms with Crippen LogP contribution in [0.1, 0.15) is 28.7 Å². The fourth-order valence-corrected chi connectivity index (χ4v) is 2.24. The van der Waals surface area contributed by atoms with Gasteiger partial charge in [-0.1, -0.05) is 0 Å². The Morgan fingerprint density at radius 3 is 3.05 bits per heavy atom. The van der Waals surface area contributed by atoms with Gasteiger partial charge in [0.2, 0.25) is 0 Å². The summed E-state index contributed by atoms with van der Waals surface area (Å²) in [6.07, 6.45) is 3.35. The lowest BCUT2D eigenvalue weighted by atomic mass is 10.2. The van der Waals surface area contributed by atoms with Gasteiger partial charge in [0.1, 0.15) is 5.69 Å². The van der Waals surface area contributed by atoms with Crippen LogP contribution >= 0.6 is 0 Å². The summed E-state index contributed by atoms with van der Waals surface area (Å²) < 4.78 is 7.15. The van der Waals surface area contributed by atoms with E-state index in [0.717, 1.165) is 17.8 Å². The zero-order valence-electron chi connectivity index (χ0n) is 12.5. The van der Waals surface area contributed by atoms with Gasteiger partial charge in [0, 0.05) is 30.4 Å². The monoisotopic (exact) mass is 299 g/mol. The number of hydrogen-bond donors (Lipinski definition) is 2. The van der Waals surface area contributed by atoms with E-state index >= 15 is 0 Å². The number of amides is 1. The molecule has 7 nitrogen and oxygen atoms in total. The predicted octanol–water partition coefficient (Wildman–Crippen LogP) is 2.12. The topological polar surface area (TPSA) is 88.7 Å². The number of carbonyl (C=O) groups is 1. The summed E-state index contributed by atoms with van der Waals surface area (Å²) in [5, 5.41) is 13.9. The molecule has 7 heteroatoms. The molecule has 0 unspecified atom stereocenters. The molecule has 3 rings (SSSR count). The minimum Gasteiger partial charge on any atom is -0.463 e. The molecule has 0 aromatic carbocycles. The highest BCUT2D eigenvalue weighted by molar-refractivity contribution is 5.93. The Morgan fingerprint density at radius 2 is 2.36 bits per heavy atom. The SMILES string of the molecule is CCn1ncc(CNC(=O)c2cc(-c3ccco3)[nH]n2)c1C. The van der Waals surface area contributed by atoms with Crippen LogP contribution in [0.2, 0.25) is 0 Å². The summed E-state index contributed by atoms with van der Waals surface area (Å²) >= 11 is 0. The molecule has 0 aliphatic heterocycles. The summed E-state index contributed by atoms with van der Waals surface area (Å²) in [6.45, 7) is 5.25. The van der Waals surface area contributed by atoms with E-state index in [-0.39, 0.29) is 5.91 Å². The Balaban J connectivity index is 1.66. The molecule has 0 spiro atoms. The van der Waals surface area contributed by atoms with Gasteiger partial charge in [-0.3, -0.25) is 14.6 Å². The maximum atomic E-state index is 12.1. The lowest BCUT2D eigenvalue weighted by molar-refractivity contribution is 0.0946. The second-order valence-electron chi connectivity index (χ2n) is 4.90. The lowest BCUT2D eigenvalue weighted by Crippen LogP contribution is -2.23. The van der Waals surface area contributed by atoms with Crippen molar-refractivity contribution >= 4 is 5.91 Å².